The Labute approximate surface area is 167 Å². The molecule has 1 aromatic carbocycles. The number of hydrogen-bond acceptors (Lipinski definition) is 6. The number of allylic oxidation sites excluding steroid dienone is 2. The number of carbonyl (C=O) groups is 1. The van der Waals surface area contributed by atoms with Crippen molar-refractivity contribution in [3.8, 4) is 11.5 Å². The summed E-state index contributed by atoms with van der Waals surface area (Å²) in [5.74, 6) is 1.50. The fourth-order valence-electron chi connectivity index (χ4n) is 3.00. The van der Waals surface area contributed by atoms with Crippen molar-refractivity contribution >= 4 is 22.7 Å². The smallest absolute Gasteiger partial charge is 0.255 e. The number of fused-ring (bicyclic) bond motifs is 1. The molecule has 1 aliphatic carbocycles. The van der Waals surface area contributed by atoms with Crippen molar-refractivity contribution < 1.29 is 18.7 Å². The van der Waals surface area contributed by atoms with E-state index >= 15 is 0 Å². The molecule has 0 saturated heterocycles. The van der Waals surface area contributed by atoms with Crippen LogP contribution >= 0.6 is 0 Å². The number of carbonyl (C=O) groups excluding carboxylic acids is 1. The maximum absolute atomic E-state index is 12.7. The summed E-state index contributed by atoms with van der Waals surface area (Å²) in [6.07, 6.45) is 8.98. The second kappa shape index (κ2) is 8.02. The molecule has 0 aliphatic heterocycles. The van der Waals surface area contributed by atoms with E-state index in [0.717, 1.165) is 11.1 Å². The van der Waals surface area contributed by atoms with Gasteiger partial charge in [0.15, 0.2) is 11.3 Å². The number of pyridine rings is 1. The summed E-state index contributed by atoms with van der Waals surface area (Å²) in [6, 6.07) is 9.12. The van der Waals surface area contributed by atoms with Gasteiger partial charge in [-0.1, -0.05) is 12.1 Å². The molecule has 1 N–H and O–H groups in total. The normalized spacial score (nSPS) is 13.8. The van der Waals surface area contributed by atoms with Gasteiger partial charge >= 0.3 is 0 Å². The summed E-state index contributed by atoms with van der Waals surface area (Å²) in [4.78, 5) is 21.2. The zero-order valence-corrected chi connectivity index (χ0v) is 16.0. The molecule has 1 aliphatic rings. The lowest BCUT2D eigenvalue weighted by atomic mass is 10.1. The molecule has 0 unspecified atom stereocenters. The number of anilines is 1. The van der Waals surface area contributed by atoms with Crippen LogP contribution in [0.3, 0.4) is 0 Å². The standard InChI is InChI=1S/C22H19N3O4/c1-27-18-8-6-14(7-9-19(18)28-2)21(26)24-16-5-3-4-15(12-16)22-25-17-10-11-23-13-20(17)29-22/h3-8,10-13H,9H2,1-2H3,(H,24,26). The molecule has 2 aromatic heterocycles. The number of aromatic nitrogens is 2. The minimum absolute atomic E-state index is 0.229. The van der Waals surface area contributed by atoms with Gasteiger partial charge in [-0.05, 0) is 36.4 Å². The number of nitrogens with one attached hydrogen (secondary N) is 1. The SMILES string of the molecule is COC1=C(OC)CC=C(C(=O)Nc2cccc(-c3nc4ccncc4o3)c2)C=C1. The van der Waals surface area contributed by atoms with Crippen LogP contribution in [-0.4, -0.2) is 30.1 Å². The van der Waals surface area contributed by atoms with E-state index < -0.39 is 0 Å². The maximum atomic E-state index is 12.7. The van der Waals surface area contributed by atoms with Gasteiger partial charge in [0.05, 0.1) is 20.4 Å². The van der Waals surface area contributed by atoms with Crippen molar-refractivity contribution in [3.63, 3.8) is 0 Å². The number of benzene rings is 1. The van der Waals surface area contributed by atoms with Gasteiger partial charge in [-0.25, -0.2) is 4.98 Å². The predicted molar refractivity (Wildman–Crippen MR) is 109 cm³/mol. The van der Waals surface area contributed by atoms with E-state index in [4.69, 9.17) is 13.9 Å². The van der Waals surface area contributed by atoms with E-state index in [2.05, 4.69) is 15.3 Å². The Morgan fingerprint density at radius 2 is 2.07 bits per heavy atom. The Kier molecular flexibility index (Phi) is 5.11. The van der Waals surface area contributed by atoms with Crippen LogP contribution in [0.25, 0.3) is 22.6 Å². The van der Waals surface area contributed by atoms with Crippen molar-refractivity contribution in [1.29, 1.82) is 0 Å². The Morgan fingerprint density at radius 1 is 1.17 bits per heavy atom. The third-order valence-corrected chi connectivity index (χ3v) is 4.48. The van der Waals surface area contributed by atoms with Crippen LogP contribution < -0.4 is 5.32 Å². The molecule has 4 rings (SSSR count). The van der Waals surface area contributed by atoms with Crippen molar-refractivity contribution in [1.82, 2.24) is 9.97 Å². The zero-order chi connectivity index (χ0) is 20.2. The van der Waals surface area contributed by atoms with Crippen LogP contribution in [0.4, 0.5) is 5.69 Å². The molecular formula is C22H19N3O4. The van der Waals surface area contributed by atoms with Gasteiger partial charge in [0.2, 0.25) is 5.89 Å². The number of ether oxygens (including phenoxy) is 2. The number of amides is 1. The number of hydrogen-bond donors (Lipinski definition) is 1. The molecule has 0 radical (unpaired) electrons. The highest BCUT2D eigenvalue weighted by Crippen LogP contribution is 2.26. The summed E-state index contributed by atoms with van der Waals surface area (Å²) in [7, 11) is 3.15. The molecule has 1 amide bonds. The van der Waals surface area contributed by atoms with Gasteiger partial charge in [-0.15, -0.1) is 0 Å². The highest BCUT2D eigenvalue weighted by Gasteiger charge is 2.14. The fourth-order valence-corrected chi connectivity index (χ4v) is 3.00. The topological polar surface area (TPSA) is 86.5 Å². The summed E-state index contributed by atoms with van der Waals surface area (Å²) >= 11 is 0. The molecule has 2 heterocycles. The average Bonchev–Trinajstić information content (AvgIpc) is 3.07. The van der Waals surface area contributed by atoms with Gasteiger partial charge in [0, 0.05) is 29.4 Å². The third kappa shape index (κ3) is 3.89. The van der Waals surface area contributed by atoms with Crippen molar-refractivity contribution in [3.05, 3.63) is 78.0 Å². The minimum atomic E-state index is -0.229. The first-order valence-electron chi connectivity index (χ1n) is 8.99. The summed E-state index contributed by atoms with van der Waals surface area (Å²) in [5.41, 5.74) is 3.26. The quantitative estimate of drug-likeness (QED) is 0.703. The van der Waals surface area contributed by atoms with Crippen molar-refractivity contribution in [2.45, 2.75) is 6.42 Å². The monoisotopic (exact) mass is 389 g/mol. The van der Waals surface area contributed by atoms with Crippen LogP contribution in [0.1, 0.15) is 6.42 Å². The van der Waals surface area contributed by atoms with E-state index in [1.807, 2.05) is 24.3 Å². The lowest BCUT2D eigenvalue weighted by Gasteiger charge is -2.07. The van der Waals surface area contributed by atoms with Crippen molar-refractivity contribution in [2.75, 3.05) is 19.5 Å². The molecule has 7 heteroatoms. The molecule has 0 atom stereocenters. The Morgan fingerprint density at radius 3 is 2.86 bits per heavy atom. The van der Waals surface area contributed by atoms with Crippen LogP contribution in [0, 0.1) is 0 Å². The molecule has 3 aromatic rings. The number of oxazole rings is 1. The van der Waals surface area contributed by atoms with Gasteiger partial charge in [0.1, 0.15) is 11.3 Å². The maximum Gasteiger partial charge on any atom is 0.255 e. The molecular weight excluding hydrogens is 370 g/mol. The molecule has 29 heavy (non-hydrogen) atoms. The Balaban J connectivity index is 1.54. The number of methoxy groups -OCH3 is 2. The molecule has 146 valence electrons. The second-order valence-electron chi connectivity index (χ2n) is 6.29. The third-order valence-electron chi connectivity index (χ3n) is 4.48. The summed E-state index contributed by atoms with van der Waals surface area (Å²) in [6.45, 7) is 0. The highest BCUT2D eigenvalue weighted by atomic mass is 16.5. The van der Waals surface area contributed by atoms with E-state index in [-0.39, 0.29) is 5.91 Å². The van der Waals surface area contributed by atoms with Gasteiger partial charge < -0.3 is 19.2 Å². The summed E-state index contributed by atoms with van der Waals surface area (Å²) in [5, 5.41) is 2.91. The van der Waals surface area contributed by atoms with Gasteiger partial charge in [-0.2, -0.15) is 0 Å². The van der Waals surface area contributed by atoms with E-state index in [0.29, 0.717) is 40.7 Å². The lowest BCUT2D eigenvalue weighted by Crippen LogP contribution is -2.13. The van der Waals surface area contributed by atoms with E-state index in [1.165, 1.54) is 0 Å². The van der Waals surface area contributed by atoms with Crippen molar-refractivity contribution in [2.24, 2.45) is 0 Å². The lowest BCUT2D eigenvalue weighted by molar-refractivity contribution is -0.112. The molecule has 0 spiro atoms. The first-order chi connectivity index (χ1) is 14.2. The predicted octanol–water partition coefficient (Wildman–Crippen LogP) is 4.22. The second-order valence-corrected chi connectivity index (χ2v) is 6.29. The van der Waals surface area contributed by atoms with Gasteiger partial charge in [0.25, 0.3) is 5.91 Å². The highest BCUT2D eigenvalue weighted by molar-refractivity contribution is 6.06. The fraction of sp³-hybridized carbons (Fsp3) is 0.136. The Hall–Kier alpha value is -3.87. The Bertz CT molecular complexity index is 1120. The summed E-state index contributed by atoms with van der Waals surface area (Å²) < 4.78 is 16.4. The van der Waals surface area contributed by atoms with Crippen LogP contribution in [0.2, 0.25) is 0 Å². The average molecular weight is 389 g/mol. The minimum Gasteiger partial charge on any atom is -0.497 e. The molecule has 7 nitrogen and oxygen atoms in total. The van der Waals surface area contributed by atoms with Crippen LogP contribution in [0.15, 0.2) is 82.5 Å². The number of nitrogens with zero attached hydrogens (tertiary/aromatic N) is 2. The first-order valence-corrected chi connectivity index (χ1v) is 8.99. The zero-order valence-electron chi connectivity index (χ0n) is 16.0. The van der Waals surface area contributed by atoms with Crippen LogP contribution in [0.5, 0.6) is 0 Å². The van der Waals surface area contributed by atoms with E-state index in [1.54, 1.807) is 50.9 Å². The number of rotatable bonds is 5. The first kappa shape index (κ1) is 18.5. The largest absolute Gasteiger partial charge is 0.497 e. The molecule has 0 saturated carbocycles. The van der Waals surface area contributed by atoms with Gasteiger partial charge in [-0.3, -0.25) is 9.78 Å². The molecule has 0 bridgehead atoms. The molecule has 0 fully saturated rings. The van der Waals surface area contributed by atoms with Crippen LogP contribution in [-0.2, 0) is 14.3 Å². The van der Waals surface area contributed by atoms with E-state index in [9.17, 15) is 4.79 Å².